The number of aliphatic imine (C=N–C) groups is 1. The topological polar surface area (TPSA) is 75.2 Å². The molecule has 2 rings (SSSR count). The first kappa shape index (κ1) is 20.9. The van der Waals surface area contributed by atoms with Gasteiger partial charge in [-0.15, -0.1) is 0 Å². The van der Waals surface area contributed by atoms with E-state index in [0.717, 1.165) is 24.7 Å². The number of carbonyl (C=O) groups is 1. The maximum absolute atomic E-state index is 11.9. The fourth-order valence-electron chi connectivity index (χ4n) is 2.84. The van der Waals surface area contributed by atoms with Crippen LogP contribution in [0.2, 0.25) is 0 Å². The summed E-state index contributed by atoms with van der Waals surface area (Å²) in [7, 11) is 1.76. The number of aryl methyl sites for hydroxylation is 1. The van der Waals surface area contributed by atoms with Crippen LogP contribution < -0.4 is 15.4 Å². The molecule has 1 heterocycles. The second-order valence-electron chi connectivity index (χ2n) is 7.71. The van der Waals surface area contributed by atoms with Crippen LogP contribution in [0.15, 0.2) is 29.3 Å². The molecule has 0 radical (unpaired) electrons. The van der Waals surface area contributed by atoms with Gasteiger partial charge in [0.15, 0.2) is 5.96 Å². The van der Waals surface area contributed by atoms with E-state index in [0.29, 0.717) is 19.7 Å². The molecule has 1 aromatic rings. The van der Waals surface area contributed by atoms with E-state index < -0.39 is 5.60 Å². The van der Waals surface area contributed by atoms with Gasteiger partial charge in [0.25, 0.3) is 0 Å². The first-order valence-electron chi connectivity index (χ1n) is 9.41. The molecule has 0 aliphatic carbocycles. The maximum Gasteiger partial charge on any atom is 0.407 e. The van der Waals surface area contributed by atoms with Gasteiger partial charge < -0.3 is 25.0 Å². The van der Waals surface area contributed by atoms with E-state index in [1.54, 1.807) is 7.05 Å². The third-order valence-corrected chi connectivity index (χ3v) is 4.10. The van der Waals surface area contributed by atoms with Crippen molar-refractivity contribution in [1.82, 2.24) is 15.5 Å². The minimum absolute atomic E-state index is 0.0576. The molecule has 0 spiro atoms. The van der Waals surface area contributed by atoms with Crippen LogP contribution in [0, 0.1) is 6.92 Å². The summed E-state index contributed by atoms with van der Waals surface area (Å²) in [6, 6.07) is 8.06. The second kappa shape index (κ2) is 9.48. The molecule has 1 fully saturated rings. The molecular formula is C20H32N4O3. The molecule has 1 saturated heterocycles. The molecular weight excluding hydrogens is 344 g/mol. The SMILES string of the molecule is CN=C(NCCOc1ccc(C)cc1)N1CCC(NC(=O)OC(C)(C)C)C1. The lowest BCUT2D eigenvalue weighted by atomic mass is 10.2. The van der Waals surface area contributed by atoms with Gasteiger partial charge in [0, 0.05) is 20.1 Å². The van der Waals surface area contributed by atoms with Crippen molar-refractivity contribution in [3.63, 3.8) is 0 Å². The van der Waals surface area contributed by atoms with Crippen molar-refractivity contribution in [2.24, 2.45) is 4.99 Å². The van der Waals surface area contributed by atoms with Gasteiger partial charge in [0.05, 0.1) is 12.6 Å². The smallest absolute Gasteiger partial charge is 0.407 e. The molecule has 27 heavy (non-hydrogen) atoms. The first-order chi connectivity index (χ1) is 12.8. The molecule has 7 nitrogen and oxygen atoms in total. The first-order valence-corrected chi connectivity index (χ1v) is 9.41. The van der Waals surface area contributed by atoms with Crippen molar-refractivity contribution in [2.75, 3.05) is 33.3 Å². The Hall–Kier alpha value is -2.44. The summed E-state index contributed by atoms with van der Waals surface area (Å²) in [6.07, 6.45) is 0.489. The Balaban J connectivity index is 1.71. The van der Waals surface area contributed by atoms with Crippen molar-refractivity contribution in [3.05, 3.63) is 29.8 Å². The molecule has 150 valence electrons. The fourth-order valence-corrected chi connectivity index (χ4v) is 2.84. The Kier molecular flexibility index (Phi) is 7.33. The summed E-state index contributed by atoms with van der Waals surface area (Å²) < 4.78 is 11.0. The van der Waals surface area contributed by atoms with E-state index in [1.807, 2.05) is 45.0 Å². The van der Waals surface area contributed by atoms with Crippen molar-refractivity contribution < 1.29 is 14.3 Å². The molecule has 7 heteroatoms. The van der Waals surface area contributed by atoms with Crippen LogP contribution in [0.1, 0.15) is 32.8 Å². The molecule has 1 aliphatic rings. The molecule has 1 aliphatic heterocycles. The Morgan fingerprint density at radius 2 is 2.00 bits per heavy atom. The number of likely N-dealkylation sites (tertiary alicyclic amines) is 1. The summed E-state index contributed by atoms with van der Waals surface area (Å²) in [6.45, 7) is 10.4. The highest BCUT2D eigenvalue weighted by molar-refractivity contribution is 5.80. The molecule has 0 aromatic heterocycles. The number of benzene rings is 1. The number of guanidine groups is 1. The number of amides is 1. The van der Waals surface area contributed by atoms with E-state index >= 15 is 0 Å². The molecule has 1 atom stereocenters. The van der Waals surface area contributed by atoms with Gasteiger partial charge >= 0.3 is 6.09 Å². The van der Waals surface area contributed by atoms with Gasteiger partial charge in [-0.1, -0.05) is 17.7 Å². The van der Waals surface area contributed by atoms with E-state index in [1.165, 1.54) is 5.56 Å². The summed E-state index contributed by atoms with van der Waals surface area (Å²) >= 11 is 0. The molecule has 2 N–H and O–H groups in total. The number of alkyl carbamates (subject to hydrolysis) is 1. The number of hydrogen-bond acceptors (Lipinski definition) is 4. The summed E-state index contributed by atoms with van der Waals surface area (Å²) in [4.78, 5) is 18.4. The number of nitrogens with one attached hydrogen (secondary N) is 2. The van der Waals surface area contributed by atoms with Crippen LogP contribution in [0.25, 0.3) is 0 Å². The van der Waals surface area contributed by atoms with Crippen LogP contribution in [0.4, 0.5) is 4.79 Å². The maximum atomic E-state index is 11.9. The Labute approximate surface area is 162 Å². The third kappa shape index (κ3) is 7.37. The molecule has 1 unspecified atom stereocenters. The predicted molar refractivity (Wildman–Crippen MR) is 107 cm³/mol. The second-order valence-corrected chi connectivity index (χ2v) is 7.71. The minimum atomic E-state index is -0.489. The van der Waals surface area contributed by atoms with E-state index in [4.69, 9.17) is 9.47 Å². The standard InChI is InChI=1S/C20H32N4O3/c1-15-6-8-17(9-7-15)26-13-11-22-18(21-5)24-12-10-16(14-24)23-19(25)27-20(2,3)4/h6-9,16H,10-14H2,1-5H3,(H,21,22)(H,23,25). The van der Waals surface area contributed by atoms with Crippen LogP contribution in [-0.4, -0.2) is 61.9 Å². The van der Waals surface area contributed by atoms with Gasteiger partial charge in [0.1, 0.15) is 18.0 Å². The fraction of sp³-hybridized carbons (Fsp3) is 0.600. The number of nitrogens with zero attached hydrogens (tertiary/aromatic N) is 2. The van der Waals surface area contributed by atoms with Crippen molar-refractivity contribution in [1.29, 1.82) is 0 Å². The van der Waals surface area contributed by atoms with Crippen molar-refractivity contribution >= 4 is 12.1 Å². The Morgan fingerprint density at radius 3 is 2.63 bits per heavy atom. The summed E-state index contributed by atoms with van der Waals surface area (Å²) in [5, 5.41) is 6.24. The number of carbonyl (C=O) groups excluding carboxylic acids is 1. The van der Waals surface area contributed by atoms with E-state index in [2.05, 4.69) is 27.4 Å². The molecule has 1 aromatic carbocycles. The highest BCUT2D eigenvalue weighted by Gasteiger charge is 2.27. The quantitative estimate of drug-likeness (QED) is 0.469. The lowest BCUT2D eigenvalue weighted by Crippen LogP contribution is -2.44. The zero-order valence-corrected chi connectivity index (χ0v) is 17.0. The highest BCUT2D eigenvalue weighted by Crippen LogP contribution is 2.13. The van der Waals surface area contributed by atoms with Crippen LogP contribution >= 0.6 is 0 Å². The molecule has 1 amide bonds. The lowest BCUT2D eigenvalue weighted by Gasteiger charge is -2.23. The largest absolute Gasteiger partial charge is 0.492 e. The Bertz CT molecular complexity index is 638. The summed E-state index contributed by atoms with van der Waals surface area (Å²) in [5.74, 6) is 1.68. The van der Waals surface area contributed by atoms with Crippen LogP contribution in [0.3, 0.4) is 0 Å². The van der Waals surface area contributed by atoms with Gasteiger partial charge in [-0.05, 0) is 46.2 Å². The van der Waals surface area contributed by atoms with Gasteiger partial charge in [-0.3, -0.25) is 4.99 Å². The number of ether oxygens (including phenoxy) is 2. The highest BCUT2D eigenvalue weighted by atomic mass is 16.6. The molecule has 0 bridgehead atoms. The van der Waals surface area contributed by atoms with Crippen molar-refractivity contribution in [3.8, 4) is 5.75 Å². The van der Waals surface area contributed by atoms with Crippen LogP contribution in [-0.2, 0) is 4.74 Å². The van der Waals surface area contributed by atoms with Crippen LogP contribution in [0.5, 0.6) is 5.75 Å². The monoisotopic (exact) mass is 376 g/mol. The van der Waals surface area contributed by atoms with Gasteiger partial charge in [-0.2, -0.15) is 0 Å². The predicted octanol–water partition coefficient (Wildman–Crippen LogP) is 2.55. The third-order valence-electron chi connectivity index (χ3n) is 4.10. The van der Waals surface area contributed by atoms with Gasteiger partial charge in [0.2, 0.25) is 0 Å². The summed E-state index contributed by atoms with van der Waals surface area (Å²) in [5.41, 5.74) is 0.724. The van der Waals surface area contributed by atoms with Gasteiger partial charge in [-0.25, -0.2) is 4.79 Å². The average molecular weight is 377 g/mol. The van der Waals surface area contributed by atoms with E-state index in [9.17, 15) is 4.79 Å². The molecule has 0 saturated carbocycles. The zero-order valence-electron chi connectivity index (χ0n) is 17.0. The minimum Gasteiger partial charge on any atom is -0.492 e. The number of hydrogen-bond donors (Lipinski definition) is 2. The Morgan fingerprint density at radius 1 is 1.30 bits per heavy atom. The zero-order chi connectivity index (χ0) is 19.9. The van der Waals surface area contributed by atoms with Crippen molar-refractivity contribution in [2.45, 2.75) is 45.8 Å². The normalized spacial score (nSPS) is 17.6. The lowest BCUT2D eigenvalue weighted by molar-refractivity contribution is 0.0507. The number of rotatable bonds is 5. The van der Waals surface area contributed by atoms with E-state index in [-0.39, 0.29) is 12.1 Å². The average Bonchev–Trinajstić information content (AvgIpc) is 3.03.